The van der Waals surface area contributed by atoms with Gasteiger partial charge in [0, 0.05) is 67.9 Å². The number of carbonyl (C=O) groups excluding carboxylic acids is 2. The number of nitrogens with two attached hydrogens (primary N) is 1. The first-order chi connectivity index (χ1) is 18.8. The molecule has 0 saturated heterocycles. The van der Waals surface area contributed by atoms with Crippen molar-refractivity contribution in [3.05, 3.63) is 65.9 Å². The molecule has 0 radical (unpaired) electrons. The molecule has 0 fully saturated rings. The predicted octanol–water partition coefficient (Wildman–Crippen LogP) is 4.16. The van der Waals surface area contributed by atoms with Gasteiger partial charge < -0.3 is 30.8 Å². The molecule has 12 heteroatoms. The van der Waals surface area contributed by atoms with Crippen LogP contribution in [0.1, 0.15) is 27.1 Å². The van der Waals surface area contributed by atoms with Crippen LogP contribution in [-0.4, -0.2) is 63.6 Å². The molecule has 2 heterocycles. The van der Waals surface area contributed by atoms with E-state index in [4.69, 9.17) is 34.3 Å². The number of imidazole rings is 1. The number of benzene rings is 2. The fraction of sp³-hybridized carbons (Fsp3) is 0.259. The van der Waals surface area contributed by atoms with E-state index in [1.165, 1.54) is 0 Å². The number of aryl methyl sites for hydroxylation is 1. The molecule has 4 aromatic rings. The number of amidine groups is 1. The van der Waals surface area contributed by atoms with Crippen molar-refractivity contribution in [1.82, 2.24) is 19.9 Å². The molecule has 2 aromatic carbocycles. The number of aromatic nitrogens is 3. The molecule has 0 spiro atoms. The summed E-state index contributed by atoms with van der Waals surface area (Å²) in [5, 5.41) is 13.0. The summed E-state index contributed by atoms with van der Waals surface area (Å²) in [5.74, 6) is 1.04. The van der Waals surface area contributed by atoms with E-state index in [0.29, 0.717) is 71.5 Å². The van der Waals surface area contributed by atoms with Gasteiger partial charge in [-0.2, -0.15) is 0 Å². The zero-order valence-electron chi connectivity index (χ0n) is 21.4. The van der Waals surface area contributed by atoms with Crippen LogP contribution in [-0.2, 0) is 7.05 Å². The summed E-state index contributed by atoms with van der Waals surface area (Å²) in [6.45, 7) is 1.55. The third-order valence-corrected chi connectivity index (χ3v) is 6.45. The maximum atomic E-state index is 13.0. The lowest BCUT2D eigenvalue weighted by Crippen LogP contribution is -2.27. The van der Waals surface area contributed by atoms with Crippen molar-refractivity contribution >= 4 is 63.3 Å². The first kappa shape index (κ1) is 28.0. The first-order valence-corrected chi connectivity index (χ1v) is 13.4. The Kier molecular flexibility index (Phi) is 9.11. The Bertz CT molecular complexity index is 1490. The van der Waals surface area contributed by atoms with E-state index >= 15 is 0 Å². The molecule has 0 aliphatic carbocycles. The number of aromatic amines is 1. The van der Waals surface area contributed by atoms with Gasteiger partial charge in [-0.15, -0.1) is 23.2 Å². The summed E-state index contributed by atoms with van der Waals surface area (Å²) in [4.78, 5) is 35.4. The highest BCUT2D eigenvalue weighted by molar-refractivity contribution is 6.18. The summed E-state index contributed by atoms with van der Waals surface area (Å²) in [6.07, 6.45) is 2.10. The van der Waals surface area contributed by atoms with E-state index in [0.717, 1.165) is 11.4 Å². The first-order valence-electron chi connectivity index (χ1n) is 12.3. The van der Waals surface area contributed by atoms with E-state index < -0.39 is 0 Å². The van der Waals surface area contributed by atoms with Crippen molar-refractivity contribution in [2.24, 2.45) is 12.8 Å². The standard InChI is InChI=1S/C27H30Cl2N8O2/c1-36-16-19(33-27(39)17-3-2-4-20(13-17)37(11-8-28)12-9-29)15-23(36)25-34-21-6-5-18(14-22(21)35-25)26(38)32-10-7-24(30)31/h2-6,13-16H,7-12H2,1H3,(H3,30,31)(H,32,38)(H,33,39)(H,34,35). The van der Waals surface area contributed by atoms with Crippen LogP contribution in [0.25, 0.3) is 22.6 Å². The zero-order valence-corrected chi connectivity index (χ0v) is 22.9. The van der Waals surface area contributed by atoms with Gasteiger partial charge in [0.15, 0.2) is 5.82 Å². The van der Waals surface area contributed by atoms with Gasteiger partial charge in [-0.05, 0) is 42.5 Å². The van der Waals surface area contributed by atoms with Crippen molar-refractivity contribution < 1.29 is 9.59 Å². The summed E-state index contributed by atoms with van der Waals surface area (Å²) in [6, 6.07) is 14.4. The van der Waals surface area contributed by atoms with Crippen LogP contribution in [0.15, 0.2) is 54.7 Å². The van der Waals surface area contributed by atoms with E-state index in [-0.39, 0.29) is 17.6 Å². The average Bonchev–Trinajstić information content (AvgIpc) is 3.50. The quantitative estimate of drug-likeness (QED) is 0.0989. The molecular formula is C27H30Cl2N8O2. The van der Waals surface area contributed by atoms with Crippen LogP contribution in [0.2, 0.25) is 0 Å². The Morgan fingerprint density at radius 3 is 2.54 bits per heavy atom. The maximum absolute atomic E-state index is 13.0. The van der Waals surface area contributed by atoms with Gasteiger partial charge in [-0.25, -0.2) is 4.98 Å². The summed E-state index contributed by atoms with van der Waals surface area (Å²) in [7, 11) is 1.86. The predicted molar refractivity (Wildman–Crippen MR) is 157 cm³/mol. The minimum absolute atomic E-state index is 0.0202. The van der Waals surface area contributed by atoms with Crippen molar-refractivity contribution in [2.75, 3.05) is 41.6 Å². The number of fused-ring (bicyclic) bond motifs is 1. The second-order valence-electron chi connectivity index (χ2n) is 8.94. The van der Waals surface area contributed by atoms with Crippen LogP contribution < -0.4 is 21.3 Å². The number of nitrogens with zero attached hydrogens (tertiary/aromatic N) is 3. The fourth-order valence-corrected chi connectivity index (χ4v) is 4.58. The molecule has 39 heavy (non-hydrogen) atoms. The zero-order chi connectivity index (χ0) is 27.9. The molecule has 4 rings (SSSR count). The lowest BCUT2D eigenvalue weighted by atomic mass is 10.1. The van der Waals surface area contributed by atoms with Crippen molar-refractivity contribution in [2.45, 2.75) is 6.42 Å². The molecular weight excluding hydrogens is 539 g/mol. The molecule has 10 nitrogen and oxygen atoms in total. The molecule has 0 atom stereocenters. The second-order valence-corrected chi connectivity index (χ2v) is 9.70. The highest BCUT2D eigenvalue weighted by Crippen LogP contribution is 2.26. The van der Waals surface area contributed by atoms with Gasteiger partial charge in [0.05, 0.1) is 28.3 Å². The molecule has 0 aliphatic heterocycles. The molecule has 2 aromatic heterocycles. The number of alkyl halides is 2. The lowest BCUT2D eigenvalue weighted by molar-refractivity contribution is 0.0954. The Balaban J connectivity index is 1.49. The molecule has 0 aliphatic rings. The van der Waals surface area contributed by atoms with E-state index in [1.54, 1.807) is 24.3 Å². The van der Waals surface area contributed by atoms with E-state index in [1.807, 2.05) is 47.0 Å². The van der Waals surface area contributed by atoms with Gasteiger partial charge >= 0.3 is 0 Å². The number of rotatable bonds is 12. The van der Waals surface area contributed by atoms with Crippen LogP contribution in [0, 0.1) is 5.41 Å². The minimum atomic E-state index is -0.254. The summed E-state index contributed by atoms with van der Waals surface area (Å²) < 4.78 is 1.86. The topological polar surface area (TPSA) is 145 Å². The number of carbonyl (C=O) groups is 2. The lowest BCUT2D eigenvalue weighted by Gasteiger charge is -2.23. The Hall–Kier alpha value is -4.02. The molecule has 0 saturated carbocycles. The molecule has 2 amide bonds. The van der Waals surface area contributed by atoms with Gasteiger partial charge in [0.1, 0.15) is 0 Å². The number of nitrogens with one attached hydrogen (secondary N) is 4. The van der Waals surface area contributed by atoms with Gasteiger partial charge in [0.2, 0.25) is 0 Å². The molecule has 204 valence electrons. The van der Waals surface area contributed by atoms with Gasteiger partial charge in [0.25, 0.3) is 11.8 Å². The molecule has 0 unspecified atom stereocenters. The third-order valence-electron chi connectivity index (χ3n) is 6.11. The van der Waals surface area contributed by atoms with Crippen LogP contribution in [0.5, 0.6) is 0 Å². The van der Waals surface area contributed by atoms with Gasteiger partial charge in [-0.1, -0.05) is 6.07 Å². The average molecular weight is 569 g/mol. The number of anilines is 2. The monoisotopic (exact) mass is 568 g/mol. The number of hydrogen-bond donors (Lipinski definition) is 5. The van der Waals surface area contributed by atoms with E-state index in [2.05, 4.69) is 20.6 Å². The summed E-state index contributed by atoms with van der Waals surface area (Å²) in [5.41, 5.74) is 9.99. The van der Waals surface area contributed by atoms with Crippen molar-refractivity contribution in [3.8, 4) is 11.5 Å². The Morgan fingerprint density at radius 1 is 1.08 bits per heavy atom. The van der Waals surface area contributed by atoms with Crippen LogP contribution in [0.3, 0.4) is 0 Å². The smallest absolute Gasteiger partial charge is 0.255 e. The van der Waals surface area contributed by atoms with Crippen LogP contribution in [0.4, 0.5) is 11.4 Å². The van der Waals surface area contributed by atoms with Crippen LogP contribution >= 0.6 is 23.2 Å². The largest absolute Gasteiger partial charge is 0.388 e. The number of hydrogen-bond acceptors (Lipinski definition) is 5. The second kappa shape index (κ2) is 12.7. The van der Waals surface area contributed by atoms with Gasteiger partial charge in [-0.3, -0.25) is 15.0 Å². The van der Waals surface area contributed by atoms with Crippen molar-refractivity contribution in [3.63, 3.8) is 0 Å². The highest BCUT2D eigenvalue weighted by Gasteiger charge is 2.15. The SMILES string of the molecule is Cn1cc(NC(=O)c2cccc(N(CCCl)CCCl)c2)cc1-c1nc2ccc(C(=O)NCCC(=N)N)cc2[nH]1. The maximum Gasteiger partial charge on any atom is 0.255 e. The normalized spacial score (nSPS) is 10.9. The number of halogens is 2. The molecule has 0 bridgehead atoms. The third kappa shape index (κ3) is 6.90. The molecule has 6 N–H and O–H groups in total. The number of H-pyrrole nitrogens is 1. The minimum Gasteiger partial charge on any atom is -0.388 e. The number of amides is 2. The fourth-order valence-electron chi connectivity index (χ4n) is 4.17. The highest BCUT2D eigenvalue weighted by atomic mass is 35.5. The van der Waals surface area contributed by atoms with Crippen molar-refractivity contribution in [1.29, 1.82) is 5.41 Å². The Labute approximate surface area is 236 Å². The Morgan fingerprint density at radius 2 is 1.82 bits per heavy atom. The summed E-state index contributed by atoms with van der Waals surface area (Å²) >= 11 is 11.9. The van der Waals surface area contributed by atoms with E-state index in [9.17, 15) is 9.59 Å².